The molecule has 0 aliphatic carbocycles. The van der Waals surface area contributed by atoms with Gasteiger partial charge in [-0.15, -0.1) is 0 Å². The van der Waals surface area contributed by atoms with Gasteiger partial charge in [0.25, 0.3) is 6.33 Å². The molecule has 0 amide bonds. The van der Waals surface area contributed by atoms with Crippen LogP contribution in [-0.4, -0.2) is 22.2 Å². The van der Waals surface area contributed by atoms with Gasteiger partial charge in [0.05, 0.1) is 66.3 Å². The Labute approximate surface area is 633 Å². The standard InChI is InChI=1S/C96H80N4OSi/c1-94(2,3)68-52-53-97-90(60-68)100-87-49-25-24-43-81(87)82-51-50-73(62-88(82)100)101-72-34-27-33-71(61-72)98-63-99-92-79(67-54-69(95(4,5)6)59-70(55-67)96(7,8)9)46-29-48-85(92)84-47-28-45-78(64-30-14-10-15-31-64)91(84)83-44-23-22-42-80(83)86-57-66(58-89(98)93(86)99)65-32-26-41-77(56-65)102(74-35-16-11-17-36-74,75-37-18-12-19-38-75)76-39-20-13-21-40-76/h10-62H,1-9H3/i10D,11D,12D,13D,14D,15D,16D,17D,18D,19D,20D,21D,26D,30D,31D,32D,35D,36D,37D,38D,39D,40D,41D,56D. The molecule has 5 nitrogen and oxygen atoms in total. The first kappa shape index (κ1) is 42.4. The second kappa shape index (κ2) is 24.9. The van der Waals surface area contributed by atoms with Crippen LogP contribution in [0.15, 0.2) is 321 Å². The van der Waals surface area contributed by atoms with Gasteiger partial charge in [-0.1, -0.05) is 317 Å². The lowest BCUT2D eigenvalue weighted by molar-refractivity contribution is -0.570. The summed E-state index contributed by atoms with van der Waals surface area (Å²) >= 11 is 0. The van der Waals surface area contributed by atoms with Crippen LogP contribution in [0.5, 0.6) is 11.5 Å². The van der Waals surface area contributed by atoms with Crippen molar-refractivity contribution in [1.29, 1.82) is 0 Å². The molecule has 0 N–H and O–H groups in total. The molecule has 13 aromatic carbocycles. The van der Waals surface area contributed by atoms with Crippen LogP contribution in [0.1, 0.15) is 112 Å². The largest absolute Gasteiger partial charge is 0.458 e. The summed E-state index contributed by atoms with van der Waals surface area (Å²) in [6.07, 6.45) is 5.64. The molecule has 17 rings (SSSR count). The number of imidazole rings is 1. The smallest absolute Gasteiger partial charge is 0.269 e. The SMILES string of the molecule is [2H]c1c([2H])c([2H])c(-c2cccc3c2-c2ccccc2-c2cc(-c4c([2H])c([2H])c([2H])c([Si](c5c([2H])c([2H])c([2H])c([2H])c5[2H])(c5c([2H])c([2H])c([2H])c([2H])c5[2H])c5c([2H])c([2H])c([2H])c([2H])c5[2H])c4[2H])cc4c2[n+]([c-]n4-c2cccc(Oc4ccc5c6ccccc6n(-c6cc(C(C)(C)C)ccn6)c5c4)c2)-c2c(-c4cc(C(C)(C)C)cc(C(C)(C)C)c4)cccc2-3)c([2H])c1[2H]. The van der Waals surface area contributed by atoms with Crippen molar-refractivity contribution in [3.8, 4) is 95.5 Å². The van der Waals surface area contributed by atoms with Crippen molar-refractivity contribution in [2.75, 3.05) is 0 Å². The fraction of sp³-hybridized carbons (Fsp3) is 0.125. The van der Waals surface area contributed by atoms with Gasteiger partial charge in [-0.05, 0) is 175 Å². The normalized spacial score (nSPS) is 15.7. The zero-order chi connectivity index (χ0) is 90.5. The van der Waals surface area contributed by atoms with Gasteiger partial charge in [0, 0.05) is 23.0 Å². The van der Waals surface area contributed by atoms with Crippen LogP contribution in [0.25, 0.3) is 117 Å². The highest BCUT2D eigenvalue weighted by Gasteiger charge is 2.42. The molecular formula is C96H80N4OSi. The van der Waals surface area contributed by atoms with E-state index >= 15 is 0 Å². The van der Waals surface area contributed by atoms with E-state index in [2.05, 4.69) is 104 Å². The van der Waals surface area contributed by atoms with E-state index in [-0.39, 0.29) is 33.2 Å². The number of ether oxygens (including phenoxy) is 1. The number of rotatable bonds is 11. The first-order chi connectivity index (χ1) is 59.4. The monoisotopic (exact) mass is 1360 g/mol. The highest BCUT2D eigenvalue weighted by Crippen LogP contribution is 2.50. The first-order valence-corrected chi connectivity index (χ1v) is 35.7. The summed E-state index contributed by atoms with van der Waals surface area (Å²) in [7, 11) is -6.41. The summed E-state index contributed by atoms with van der Waals surface area (Å²) in [6.45, 7) is 19.2. The Hall–Kier alpha value is -11.7. The fourth-order valence-corrected chi connectivity index (χ4v) is 17.8. The predicted octanol–water partition coefficient (Wildman–Crippen LogP) is 21.6. The van der Waals surface area contributed by atoms with Gasteiger partial charge in [-0.25, -0.2) is 4.98 Å². The Morgan fingerprint density at radius 3 is 1.63 bits per heavy atom. The van der Waals surface area contributed by atoms with E-state index < -0.39 is 190 Å². The summed E-state index contributed by atoms with van der Waals surface area (Å²) in [5, 5.41) is -2.09. The highest BCUT2D eigenvalue weighted by atomic mass is 28.3. The molecule has 4 heterocycles. The lowest BCUT2D eigenvalue weighted by Crippen LogP contribution is -2.74. The minimum atomic E-state index is -6.41. The van der Waals surface area contributed by atoms with Gasteiger partial charge in [-0.3, -0.25) is 13.7 Å². The zero-order valence-electron chi connectivity index (χ0n) is 81.4. The Kier molecular flexibility index (Phi) is 10.3. The number of para-hydroxylation sites is 2. The maximum Gasteiger partial charge on any atom is 0.269 e. The molecule has 1 aliphatic rings. The van der Waals surface area contributed by atoms with Crippen LogP contribution in [0.4, 0.5) is 0 Å². The molecule has 0 fully saturated rings. The predicted molar refractivity (Wildman–Crippen MR) is 428 cm³/mol. The van der Waals surface area contributed by atoms with Gasteiger partial charge < -0.3 is 4.74 Å². The van der Waals surface area contributed by atoms with Crippen LogP contribution in [-0.2, 0) is 16.2 Å². The molecular weight excluding hydrogens is 1250 g/mol. The lowest BCUT2D eigenvalue weighted by Gasteiger charge is -2.34. The number of benzene rings is 13. The molecule has 102 heavy (non-hydrogen) atoms. The molecule has 1 aliphatic heterocycles. The minimum absolute atomic E-state index is 0.138. The number of fused-ring (bicyclic) bond motifs is 10. The first-order valence-electron chi connectivity index (χ1n) is 45.7. The van der Waals surface area contributed by atoms with Gasteiger partial charge in [0.1, 0.15) is 17.3 Å². The quantitative estimate of drug-likeness (QED) is 0.0560. The minimum Gasteiger partial charge on any atom is -0.458 e. The maximum atomic E-state index is 11.3. The Bertz CT molecular complexity index is 7150. The Morgan fingerprint density at radius 1 is 0.392 bits per heavy atom. The average molecular weight is 1360 g/mol. The molecule has 0 bridgehead atoms. The van der Waals surface area contributed by atoms with Gasteiger partial charge in [-0.2, -0.15) is 0 Å². The van der Waals surface area contributed by atoms with Crippen LogP contribution in [0, 0.1) is 6.33 Å². The summed E-state index contributed by atoms with van der Waals surface area (Å²) in [4.78, 5) is 4.92. The van der Waals surface area contributed by atoms with Crippen molar-refractivity contribution in [2.24, 2.45) is 0 Å². The van der Waals surface area contributed by atoms with E-state index in [0.717, 1.165) is 44.1 Å². The maximum absolute atomic E-state index is 11.3. The molecule has 0 saturated carbocycles. The topological polar surface area (TPSA) is 35.9 Å². The summed E-state index contributed by atoms with van der Waals surface area (Å²) in [5.74, 6) is 1.45. The zero-order valence-corrected chi connectivity index (χ0v) is 58.4. The molecule has 0 saturated heterocycles. The van der Waals surface area contributed by atoms with Crippen LogP contribution >= 0.6 is 0 Å². The van der Waals surface area contributed by atoms with E-state index in [4.69, 9.17) is 15.2 Å². The highest BCUT2D eigenvalue weighted by molar-refractivity contribution is 7.20. The number of pyridine rings is 1. The number of aromatic nitrogens is 4. The summed E-state index contributed by atoms with van der Waals surface area (Å²) < 4.78 is 245. The second-order valence-corrected chi connectivity index (χ2v) is 32.2. The molecule has 0 spiro atoms. The van der Waals surface area contributed by atoms with Gasteiger partial charge >= 0.3 is 0 Å². The van der Waals surface area contributed by atoms with E-state index in [0.29, 0.717) is 67.6 Å². The van der Waals surface area contributed by atoms with Crippen molar-refractivity contribution in [1.82, 2.24) is 14.1 Å². The summed E-state index contributed by atoms with van der Waals surface area (Å²) in [5.41, 5.74) is 8.35. The molecule has 0 unspecified atom stereocenters. The van der Waals surface area contributed by atoms with E-state index in [1.807, 2.05) is 83.4 Å². The summed E-state index contributed by atoms with van der Waals surface area (Å²) in [6, 6.07) is 29.5. The number of nitrogens with zero attached hydrogens (tertiary/aromatic N) is 4. The van der Waals surface area contributed by atoms with E-state index in [1.165, 1.54) is 0 Å². The van der Waals surface area contributed by atoms with Crippen LogP contribution < -0.4 is 30.1 Å². The van der Waals surface area contributed by atoms with Crippen LogP contribution in [0.2, 0.25) is 0 Å². The molecule has 0 radical (unpaired) electrons. The van der Waals surface area contributed by atoms with Crippen molar-refractivity contribution >= 4 is 61.7 Å². The van der Waals surface area contributed by atoms with E-state index in [1.54, 1.807) is 71.4 Å². The van der Waals surface area contributed by atoms with Crippen molar-refractivity contribution in [3.05, 3.63) is 344 Å². The molecule has 3 aromatic heterocycles. The third-order valence-corrected chi connectivity index (χ3v) is 23.3. The van der Waals surface area contributed by atoms with Gasteiger partial charge in [0.2, 0.25) is 0 Å². The third kappa shape index (κ3) is 11.0. The van der Waals surface area contributed by atoms with Gasteiger partial charge in [0.15, 0.2) is 8.07 Å². The fourth-order valence-electron chi connectivity index (χ4n) is 14.2. The number of hydrogen-bond acceptors (Lipinski definition) is 2. The van der Waals surface area contributed by atoms with Crippen molar-refractivity contribution in [2.45, 2.75) is 78.6 Å². The molecule has 494 valence electrons. The molecule has 16 aromatic rings. The Balaban J connectivity index is 1.06. The van der Waals surface area contributed by atoms with Crippen LogP contribution in [0.3, 0.4) is 0 Å². The third-order valence-electron chi connectivity index (χ3n) is 19.3. The van der Waals surface area contributed by atoms with Crippen molar-refractivity contribution < 1.29 is 42.2 Å². The molecule has 0 atom stereocenters. The van der Waals surface area contributed by atoms with E-state index in [9.17, 15) is 27.4 Å². The lowest BCUT2D eigenvalue weighted by atomic mass is 9.78. The molecule has 6 heteroatoms. The average Bonchev–Trinajstić information content (AvgIpc) is 0.761. The Morgan fingerprint density at radius 2 is 0.951 bits per heavy atom. The van der Waals surface area contributed by atoms with Crippen molar-refractivity contribution in [3.63, 3.8) is 0 Å². The second-order valence-electron chi connectivity index (χ2n) is 28.7. The number of hydrogen-bond donors (Lipinski definition) is 0.